The van der Waals surface area contributed by atoms with Gasteiger partial charge in [0.2, 0.25) is 0 Å². The summed E-state index contributed by atoms with van der Waals surface area (Å²) >= 11 is 5.85. The molecule has 0 aliphatic carbocycles. The summed E-state index contributed by atoms with van der Waals surface area (Å²) in [5.41, 5.74) is 2.17. The summed E-state index contributed by atoms with van der Waals surface area (Å²) in [5.74, 6) is 0.647. The Kier molecular flexibility index (Phi) is 3.84. The molecule has 4 heteroatoms. The fourth-order valence-corrected chi connectivity index (χ4v) is 2.16. The van der Waals surface area contributed by atoms with Gasteiger partial charge in [0.25, 0.3) is 0 Å². The molecule has 0 aliphatic rings. The van der Waals surface area contributed by atoms with Crippen LogP contribution in [0.25, 0.3) is 11.3 Å². The molecule has 21 heavy (non-hydrogen) atoms. The van der Waals surface area contributed by atoms with Crippen LogP contribution in [0.2, 0.25) is 5.02 Å². The van der Waals surface area contributed by atoms with E-state index in [-0.39, 0.29) is 12.2 Å². The van der Waals surface area contributed by atoms with Gasteiger partial charge in [0, 0.05) is 22.2 Å². The van der Waals surface area contributed by atoms with Crippen LogP contribution in [0.4, 0.5) is 0 Å². The minimum absolute atomic E-state index is 0.0200. The Labute approximate surface area is 127 Å². The molecule has 0 spiro atoms. The molecule has 0 amide bonds. The van der Waals surface area contributed by atoms with Crippen LogP contribution < -0.4 is 0 Å². The van der Waals surface area contributed by atoms with E-state index in [2.05, 4.69) is 5.16 Å². The second-order valence-corrected chi connectivity index (χ2v) is 5.09. The number of nitrogens with zero attached hydrogens (tertiary/aromatic N) is 1. The van der Waals surface area contributed by atoms with Crippen LogP contribution >= 0.6 is 11.6 Å². The monoisotopic (exact) mass is 297 g/mol. The van der Waals surface area contributed by atoms with Gasteiger partial charge in [-0.1, -0.05) is 47.1 Å². The molecule has 0 radical (unpaired) electrons. The highest BCUT2D eigenvalue weighted by atomic mass is 35.5. The first-order chi connectivity index (χ1) is 10.2. The van der Waals surface area contributed by atoms with Gasteiger partial charge in [-0.2, -0.15) is 0 Å². The fourth-order valence-electron chi connectivity index (χ4n) is 2.04. The van der Waals surface area contributed by atoms with Crippen molar-refractivity contribution in [2.45, 2.75) is 6.42 Å². The SMILES string of the molecule is O=C(Cc1cc(-c2ccc(Cl)cc2)on1)c1ccccc1. The van der Waals surface area contributed by atoms with Crippen molar-refractivity contribution in [2.24, 2.45) is 0 Å². The highest BCUT2D eigenvalue weighted by molar-refractivity contribution is 6.30. The van der Waals surface area contributed by atoms with E-state index in [0.29, 0.717) is 22.0 Å². The van der Waals surface area contributed by atoms with Gasteiger partial charge >= 0.3 is 0 Å². The van der Waals surface area contributed by atoms with Crippen LogP contribution in [0, 0.1) is 0 Å². The lowest BCUT2D eigenvalue weighted by Gasteiger charge is -1.96. The Morgan fingerprint density at radius 3 is 2.48 bits per heavy atom. The fraction of sp³-hybridized carbons (Fsp3) is 0.0588. The van der Waals surface area contributed by atoms with E-state index >= 15 is 0 Å². The summed E-state index contributed by atoms with van der Waals surface area (Å²) in [6.07, 6.45) is 0.223. The lowest BCUT2D eigenvalue weighted by molar-refractivity contribution is 0.0991. The zero-order chi connectivity index (χ0) is 14.7. The van der Waals surface area contributed by atoms with Crippen molar-refractivity contribution < 1.29 is 9.32 Å². The van der Waals surface area contributed by atoms with E-state index in [1.165, 1.54) is 0 Å². The smallest absolute Gasteiger partial charge is 0.168 e. The predicted molar refractivity (Wildman–Crippen MR) is 81.4 cm³/mol. The van der Waals surface area contributed by atoms with Gasteiger partial charge in [-0.05, 0) is 24.3 Å². The highest BCUT2D eigenvalue weighted by Gasteiger charge is 2.12. The van der Waals surface area contributed by atoms with Crippen molar-refractivity contribution in [1.82, 2.24) is 5.16 Å². The van der Waals surface area contributed by atoms with Crippen molar-refractivity contribution in [3.63, 3.8) is 0 Å². The molecule has 0 saturated carbocycles. The Hall–Kier alpha value is -2.39. The topological polar surface area (TPSA) is 43.1 Å². The third kappa shape index (κ3) is 3.20. The summed E-state index contributed by atoms with van der Waals surface area (Å²) in [7, 11) is 0. The van der Waals surface area contributed by atoms with E-state index < -0.39 is 0 Å². The van der Waals surface area contributed by atoms with Crippen molar-refractivity contribution in [1.29, 1.82) is 0 Å². The summed E-state index contributed by atoms with van der Waals surface area (Å²) < 4.78 is 5.28. The van der Waals surface area contributed by atoms with Crippen molar-refractivity contribution in [3.05, 3.63) is 76.9 Å². The predicted octanol–water partition coefficient (Wildman–Crippen LogP) is 4.42. The van der Waals surface area contributed by atoms with Crippen LogP contribution in [0.1, 0.15) is 16.1 Å². The van der Waals surface area contributed by atoms with E-state index in [0.717, 1.165) is 5.56 Å². The number of halogens is 1. The summed E-state index contributed by atoms with van der Waals surface area (Å²) in [4.78, 5) is 12.1. The Bertz CT molecular complexity index is 748. The number of Topliss-reactive ketones (excluding diaryl/α,β-unsaturated/α-hetero) is 1. The molecule has 2 aromatic carbocycles. The molecule has 0 saturated heterocycles. The van der Waals surface area contributed by atoms with Crippen LogP contribution in [-0.2, 0) is 6.42 Å². The quantitative estimate of drug-likeness (QED) is 0.669. The summed E-state index contributed by atoms with van der Waals surface area (Å²) in [6, 6.07) is 18.2. The van der Waals surface area contributed by atoms with Gasteiger partial charge in [0.1, 0.15) is 0 Å². The largest absolute Gasteiger partial charge is 0.356 e. The average Bonchev–Trinajstić information content (AvgIpc) is 2.97. The second kappa shape index (κ2) is 5.94. The Morgan fingerprint density at radius 1 is 1.05 bits per heavy atom. The number of aromatic nitrogens is 1. The number of ketones is 1. The van der Waals surface area contributed by atoms with Gasteiger partial charge in [0.05, 0.1) is 12.1 Å². The molecular weight excluding hydrogens is 286 g/mol. The van der Waals surface area contributed by atoms with Gasteiger partial charge in [0.15, 0.2) is 11.5 Å². The van der Waals surface area contributed by atoms with Crippen LogP contribution in [0.3, 0.4) is 0 Å². The molecule has 1 heterocycles. The molecule has 0 bridgehead atoms. The Balaban J connectivity index is 1.76. The van der Waals surface area contributed by atoms with Crippen LogP contribution in [0.5, 0.6) is 0 Å². The molecule has 0 atom stereocenters. The molecule has 0 unspecified atom stereocenters. The van der Waals surface area contributed by atoms with Crippen LogP contribution in [-0.4, -0.2) is 10.9 Å². The average molecular weight is 298 g/mol. The molecule has 0 fully saturated rings. The first kappa shape index (κ1) is 13.6. The number of hydrogen-bond donors (Lipinski definition) is 0. The first-order valence-electron chi connectivity index (χ1n) is 6.52. The summed E-state index contributed by atoms with van der Waals surface area (Å²) in [5, 5.41) is 4.62. The maximum atomic E-state index is 12.1. The molecule has 3 aromatic rings. The first-order valence-corrected chi connectivity index (χ1v) is 6.90. The Morgan fingerprint density at radius 2 is 1.76 bits per heavy atom. The van der Waals surface area contributed by atoms with Gasteiger partial charge < -0.3 is 4.52 Å². The number of carbonyl (C=O) groups excluding carboxylic acids is 1. The molecule has 104 valence electrons. The molecule has 1 aromatic heterocycles. The minimum Gasteiger partial charge on any atom is -0.356 e. The molecular formula is C17H12ClNO2. The van der Waals surface area contributed by atoms with Gasteiger partial charge in [-0.25, -0.2) is 0 Å². The standard InChI is InChI=1S/C17H12ClNO2/c18-14-8-6-13(7-9-14)17-11-15(19-21-17)10-16(20)12-4-2-1-3-5-12/h1-9,11H,10H2. The highest BCUT2D eigenvalue weighted by Crippen LogP contribution is 2.22. The zero-order valence-electron chi connectivity index (χ0n) is 11.1. The minimum atomic E-state index is 0.0200. The lowest BCUT2D eigenvalue weighted by atomic mass is 10.1. The van der Waals surface area contributed by atoms with Gasteiger partial charge in [-0.15, -0.1) is 0 Å². The van der Waals surface area contributed by atoms with E-state index in [4.69, 9.17) is 16.1 Å². The van der Waals surface area contributed by atoms with E-state index in [1.54, 1.807) is 30.3 Å². The third-order valence-electron chi connectivity index (χ3n) is 3.13. The number of hydrogen-bond acceptors (Lipinski definition) is 3. The normalized spacial score (nSPS) is 10.5. The second-order valence-electron chi connectivity index (χ2n) is 4.66. The van der Waals surface area contributed by atoms with Crippen LogP contribution in [0.15, 0.2) is 65.2 Å². The number of rotatable bonds is 4. The maximum absolute atomic E-state index is 12.1. The van der Waals surface area contributed by atoms with Crippen molar-refractivity contribution in [2.75, 3.05) is 0 Å². The molecule has 0 N–H and O–H groups in total. The zero-order valence-corrected chi connectivity index (χ0v) is 11.9. The molecule has 3 nitrogen and oxygen atoms in total. The van der Waals surface area contributed by atoms with Gasteiger partial charge in [-0.3, -0.25) is 4.79 Å². The van der Waals surface area contributed by atoms with Crippen molar-refractivity contribution in [3.8, 4) is 11.3 Å². The number of benzene rings is 2. The van der Waals surface area contributed by atoms with Crippen molar-refractivity contribution >= 4 is 17.4 Å². The van der Waals surface area contributed by atoms with E-state index in [1.807, 2.05) is 30.3 Å². The van der Waals surface area contributed by atoms with E-state index in [9.17, 15) is 4.79 Å². The molecule has 3 rings (SSSR count). The summed E-state index contributed by atoms with van der Waals surface area (Å²) in [6.45, 7) is 0. The molecule has 0 aliphatic heterocycles. The number of carbonyl (C=O) groups is 1. The maximum Gasteiger partial charge on any atom is 0.168 e. The lowest BCUT2D eigenvalue weighted by Crippen LogP contribution is -2.03. The third-order valence-corrected chi connectivity index (χ3v) is 3.38.